The predicted octanol–water partition coefficient (Wildman–Crippen LogP) is 3.07. The number of alkyl halides is 1. The van der Waals surface area contributed by atoms with Crippen LogP contribution in [0.2, 0.25) is 0 Å². The number of hydrogen-bond acceptors (Lipinski definition) is 2. The number of carbonyl (C=O) groups is 1. The van der Waals surface area contributed by atoms with Gasteiger partial charge in [0.15, 0.2) is 0 Å². The Kier molecular flexibility index (Phi) is 5.70. The Morgan fingerprint density at radius 2 is 1.74 bits per heavy atom. The number of carbonyl (C=O) groups excluding carboxylic acids is 1. The highest BCUT2D eigenvalue weighted by Crippen LogP contribution is 2.35. The Labute approximate surface area is 125 Å². The largest absolute Gasteiger partial charge is 0.353 e. The molecule has 0 radical (unpaired) electrons. The number of nitrogens with zero attached hydrogens (tertiary/aromatic N) is 1. The molecule has 2 aliphatic rings. The highest BCUT2D eigenvalue weighted by Gasteiger charge is 2.38. The lowest BCUT2D eigenvalue weighted by atomic mass is 9.79. The number of rotatable bonds is 4. The van der Waals surface area contributed by atoms with E-state index in [-0.39, 0.29) is 16.3 Å². The van der Waals surface area contributed by atoms with Crippen LogP contribution in [0.1, 0.15) is 58.3 Å². The van der Waals surface area contributed by atoms with Gasteiger partial charge in [0.25, 0.3) is 0 Å². The third-order valence-corrected chi connectivity index (χ3v) is 5.18. The van der Waals surface area contributed by atoms with E-state index in [4.69, 9.17) is 0 Å². The molecule has 0 bridgehead atoms. The molecule has 1 N–H and O–H groups in total. The van der Waals surface area contributed by atoms with Crippen molar-refractivity contribution in [2.45, 2.75) is 68.7 Å². The van der Waals surface area contributed by atoms with Crippen molar-refractivity contribution in [1.82, 2.24) is 10.2 Å². The standard InChI is InChI=1S/C15H27BrN2O/c1-13(16)14(19)17-12-15(8-4-2-5-9-15)18-10-6-3-7-11-18/h13H,2-12H2,1H3,(H,17,19). The van der Waals surface area contributed by atoms with Gasteiger partial charge in [-0.25, -0.2) is 0 Å². The number of likely N-dealkylation sites (tertiary alicyclic amines) is 1. The highest BCUT2D eigenvalue weighted by atomic mass is 79.9. The first-order valence-corrected chi connectivity index (χ1v) is 8.72. The molecule has 110 valence electrons. The van der Waals surface area contributed by atoms with E-state index >= 15 is 0 Å². The summed E-state index contributed by atoms with van der Waals surface area (Å²) >= 11 is 3.35. The number of hydrogen-bond donors (Lipinski definition) is 1. The van der Waals surface area contributed by atoms with Gasteiger partial charge in [0.1, 0.15) is 0 Å². The molecular formula is C15H27BrN2O. The summed E-state index contributed by atoms with van der Waals surface area (Å²) in [5.41, 5.74) is 0.246. The second-order valence-electron chi connectivity index (χ2n) is 6.17. The molecule has 19 heavy (non-hydrogen) atoms. The average molecular weight is 331 g/mol. The van der Waals surface area contributed by atoms with E-state index in [1.807, 2.05) is 6.92 Å². The van der Waals surface area contributed by atoms with Gasteiger partial charge in [-0.2, -0.15) is 0 Å². The maximum absolute atomic E-state index is 11.8. The molecule has 1 atom stereocenters. The first kappa shape index (κ1) is 15.3. The van der Waals surface area contributed by atoms with Crippen molar-refractivity contribution >= 4 is 21.8 Å². The van der Waals surface area contributed by atoms with Crippen molar-refractivity contribution in [2.75, 3.05) is 19.6 Å². The van der Waals surface area contributed by atoms with Crippen molar-refractivity contribution in [3.63, 3.8) is 0 Å². The van der Waals surface area contributed by atoms with Crippen LogP contribution in [-0.2, 0) is 4.79 Å². The molecule has 1 saturated carbocycles. The van der Waals surface area contributed by atoms with Crippen molar-refractivity contribution in [3.05, 3.63) is 0 Å². The molecule has 3 nitrogen and oxygen atoms in total. The summed E-state index contributed by atoms with van der Waals surface area (Å²) in [4.78, 5) is 14.4. The summed E-state index contributed by atoms with van der Waals surface area (Å²) in [7, 11) is 0. The van der Waals surface area contributed by atoms with Crippen LogP contribution in [0.3, 0.4) is 0 Å². The molecule has 0 spiro atoms. The van der Waals surface area contributed by atoms with Crippen LogP contribution in [-0.4, -0.2) is 40.8 Å². The average Bonchev–Trinajstić information content (AvgIpc) is 2.46. The molecule has 0 aromatic carbocycles. The number of halogens is 1. The third-order valence-electron chi connectivity index (χ3n) is 4.76. The monoisotopic (exact) mass is 330 g/mol. The fraction of sp³-hybridized carbons (Fsp3) is 0.933. The second-order valence-corrected chi connectivity index (χ2v) is 7.54. The fourth-order valence-electron chi connectivity index (χ4n) is 3.58. The maximum Gasteiger partial charge on any atom is 0.233 e. The molecule has 1 aliphatic carbocycles. The number of piperidine rings is 1. The van der Waals surface area contributed by atoms with Crippen LogP contribution in [0, 0.1) is 0 Å². The van der Waals surface area contributed by atoms with Gasteiger partial charge in [0, 0.05) is 12.1 Å². The van der Waals surface area contributed by atoms with Crippen LogP contribution in [0.15, 0.2) is 0 Å². The van der Waals surface area contributed by atoms with E-state index in [1.165, 1.54) is 64.5 Å². The van der Waals surface area contributed by atoms with E-state index < -0.39 is 0 Å². The first-order valence-electron chi connectivity index (χ1n) is 7.81. The number of nitrogens with one attached hydrogen (secondary N) is 1. The van der Waals surface area contributed by atoms with E-state index in [0.29, 0.717) is 0 Å². The lowest BCUT2D eigenvalue weighted by Gasteiger charge is -2.48. The zero-order valence-corrected chi connectivity index (χ0v) is 13.7. The molecule has 1 heterocycles. The van der Waals surface area contributed by atoms with E-state index in [2.05, 4.69) is 26.1 Å². The molecule has 0 aromatic heterocycles. The van der Waals surface area contributed by atoms with Gasteiger partial charge in [0.2, 0.25) is 5.91 Å². The van der Waals surface area contributed by atoms with Crippen molar-refractivity contribution in [3.8, 4) is 0 Å². The minimum atomic E-state index is -0.0884. The normalized spacial score (nSPS) is 25.8. The molecule has 0 aromatic rings. The smallest absolute Gasteiger partial charge is 0.233 e. The second kappa shape index (κ2) is 7.07. The van der Waals surface area contributed by atoms with Gasteiger partial charge < -0.3 is 5.32 Å². The highest BCUT2D eigenvalue weighted by molar-refractivity contribution is 9.10. The minimum Gasteiger partial charge on any atom is -0.353 e. The van der Waals surface area contributed by atoms with Crippen LogP contribution in [0.4, 0.5) is 0 Å². The summed E-state index contributed by atoms with van der Waals surface area (Å²) in [6.07, 6.45) is 10.5. The quantitative estimate of drug-likeness (QED) is 0.803. The van der Waals surface area contributed by atoms with E-state index in [1.54, 1.807) is 0 Å². The van der Waals surface area contributed by atoms with Crippen LogP contribution >= 0.6 is 15.9 Å². The van der Waals surface area contributed by atoms with Crippen LogP contribution in [0.5, 0.6) is 0 Å². The predicted molar refractivity (Wildman–Crippen MR) is 82.6 cm³/mol. The van der Waals surface area contributed by atoms with Gasteiger partial charge in [-0.3, -0.25) is 9.69 Å². The Balaban J connectivity index is 1.99. The summed E-state index contributed by atoms with van der Waals surface area (Å²) in [6, 6.07) is 0. The lowest BCUT2D eigenvalue weighted by Crippen LogP contribution is -2.58. The van der Waals surface area contributed by atoms with Crippen molar-refractivity contribution in [2.24, 2.45) is 0 Å². The zero-order chi connectivity index (χ0) is 13.7. The molecule has 1 saturated heterocycles. The first-order chi connectivity index (χ1) is 9.14. The van der Waals surface area contributed by atoms with Crippen molar-refractivity contribution < 1.29 is 4.79 Å². The van der Waals surface area contributed by atoms with Gasteiger partial charge in [-0.15, -0.1) is 0 Å². The lowest BCUT2D eigenvalue weighted by molar-refractivity contribution is -0.121. The fourth-order valence-corrected chi connectivity index (χ4v) is 3.74. The molecular weight excluding hydrogens is 304 g/mol. The third kappa shape index (κ3) is 3.94. The van der Waals surface area contributed by atoms with Crippen LogP contribution < -0.4 is 5.32 Å². The molecule has 2 fully saturated rings. The maximum atomic E-state index is 11.8. The van der Waals surface area contributed by atoms with E-state index in [9.17, 15) is 4.79 Å². The van der Waals surface area contributed by atoms with Gasteiger partial charge in [-0.05, 0) is 45.7 Å². The Morgan fingerprint density at radius 1 is 1.16 bits per heavy atom. The topological polar surface area (TPSA) is 32.3 Å². The van der Waals surface area contributed by atoms with Gasteiger partial charge >= 0.3 is 0 Å². The molecule has 1 amide bonds. The zero-order valence-electron chi connectivity index (χ0n) is 12.1. The number of amides is 1. The van der Waals surface area contributed by atoms with E-state index in [0.717, 1.165) is 6.54 Å². The summed E-state index contributed by atoms with van der Waals surface area (Å²) in [5.74, 6) is 0.127. The summed E-state index contributed by atoms with van der Waals surface area (Å²) < 4.78 is 0. The Hall–Kier alpha value is -0.0900. The summed E-state index contributed by atoms with van der Waals surface area (Å²) in [6.45, 7) is 5.17. The Bertz CT molecular complexity index is 295. The Morgan fingerprint density at radius 3 is 2.32 bits per heavy atom. The molecule has 2 rings (SSSR count). The molecule has 4 heteroatoms. The van der Waals surface area contributed by atoms with Crippen molar-refractivity contribution in [1.29, 1.82) is 0 Å². The molecule has 1 unspecified atom stereocenters. The van der Waals surface area contributed by atoms with Crippen LogP contribution in [0.25, 0.3) is 0 Å². The van der Waals surface area contributed by atoms with Gasteiger partial charge in [0.05, 0.1) is 4.83 Å². The molecule has 1 aliphatic heterocycles. The SMILES string of the molecule is CC(Br)C(=O)NCC1(N2CCCCC2)CCCCC1. The summed E-state index contributed by atoms with van der Waals surface area (Å²) in [5, 5.41) is 3.16. The van der Waals surface area contributed by atoms with Gasteiger partial charge in [-0.1, -0.05) is 41.6 Å². The minimum absolute atomic E-state index is 0.0884.